The lowest BCUT2D eigenvalue weighted by atomic mass is 10.1. The summed E-state index contributed by atoms with van der Waals surface area (Å²) >= 11 is 6.19. The lowest BCUT2D eigenvalue weighted by Gasteiger charge is -2.10. The fraction of sp³-hybridized carbons (Fsp3) is 0.158. The molecule has 6 heteroatoms. The molecule has 128 valence electrons. The van der Waals surface area contributed by atoms with Crippen molar-refractivity contribution in [2.24, 2.45) is 4.99 Å². The van der Waals surface area contributed by atoms with Gasteiger partial charge in [0.25, 0.3) is 0 Å². The second kappa shape index (κ2) is 6.99. The van der Waals surface area contributed by atoms with Crippen LogP contribution in [0.4, 0.5) is 0 Å². The van der Waals surface area contributed by atoms with Crippen LogP contribution in [0.25, 0.3) is 6.08 Å². The number of cyclic esters (lactones) is 1. The van der Waals surface area contributed by atoms with Crippen molar-refractivity contribution < 1.29 is 19.0 Å². The second-order valence-electron chi connectivity index (χ2n) is 5.44. The van der Waals surface area contributed by atoms with Crippen molar-refractivity contribution in [2.75, 3.05) is 14.2 Å². The van der Waals surface area contributed by atoms with Gasteiger partial charge in [-0.2, -0.15) is 0 Å². The van der Waals surface area contributed by atoms with Crippen LogP contribution in [-0.2, 0) is 9.53 Å². The van der Waals surface area contributed by atoms with Crippen LogP contribution in [0.5, 0.6) is 11.5 Å². The minimum absolute atomic E-state index is 0.194. The van der Waals surface area contributed by atoms with Gasteiger partial charge < -0.3 is 14.2 Å². The van der Waals surface area contributed by atoms with Gasteiger partial charge in [-0.3, -0.25) is 0 Å². The summed E-state index contributed by atoms with van der Waals surface area (Å²) in [4.78, 5) is 16.4. The van der Waals surface area contributed by atoms with E-state index in [9.17, 15) is 4.79 Å². The third kappa shape index (κ3) is 3.51. The maximum Gasteiger partial charge on any atom is 0.363 e. The van der Waals surface area contributed by atoms with Crippen LogP contribution in [0.2, 0.25) is 5.02 Å². The summed E-state index contributed by atoms with van der Waals surface area (Å²) in [6.07, 6.45) is 1.60. The fourth-order valence-electron chi connectivity index (χ4n) is 2.49. The Balaban J connectivity index is 1.98. The third-order valence-corrected chi connectivity index (χ3v) is 3.93. The zero-order chi connectivity index (χ0) is 18.0. The molecule has 0 atom stereocenters. The van der Waals surface area contributed by atoms with Crippen molar-refractivity contribution in [1.29, 1.82) is 0 Å². The summed E-state index contributed by atoms with van der Waals surface area (Å²) in [5, 5.41) is 0.378. The van der Waals surface area contributed by atoms with E-state index in [4.69, 9.17) is 25.8 Å². The number of aliphatic imine (C=N–C) groups is 1. The highest BCUT2D eigenvalue weighted by Crippen LogP contribution is 2.36. The van der Waals surface area contributed by atoms with Gasteiger partial charge in [0, 0.05) is 5.56 Å². The van der Waals surface area contributed by atoms with Crippen molar-refractivity contribution in [3.8, 4) is 11.5 Å². The lowest BCUT2D eigenvalue weighted by Crippen LogP contribution is -2.05. The highest BCUT2D eigenvalue weighted by molar-refractivity contribution is 6.32. The second-order valence-corrected chi connectivity index (χ2v) is 5.85. The zero-order valence-electron chi connectivity index (χ0n) is 14.0. The maximum atomic E-state index is 12.1. The smallest absolute Gasteiger partial charge is 0.363 e. The monoisotopic (exact) mass is 357 g/mol. The highest BCUT2D eigenvalue weighted by Gasteiger charge is 2.24. The van der Waals surface area contributed by atoms with E-state index in [2.05, 4.69) is 4.99 Å². The molecule has 0 amide bonds. The van der Waals surface area contributed by atoms with Gasteiger partial charge in [-0.25, -0.2) is 9.79 Å². The summed E-state index contributed by atoms with van der Waals surface area (Å²) in [5.41, 5.74) is 2.66. The SMILES string of the molecule is COc1cc(/C=C2/N=C(c3cccc(C)c3)OC2=O)cc(Cl)c1OC. The molecule has 1 aliphatic rings. The number of esters is 1. The number of carbonyl (C=O) groups is 1. The number of aryl methyl sites for hydroxylation is 1. The number of carbonyl (C=O) groups excluding carboxylic acids is 1. The van der Waals surface area contributed by atoms with Crippen LogP contribution in [0.15, 0.2) is 47.1 Å². The first-order valence-corrected chi connectivity index (χ1v) is 7.90. The van der Waals surface area contributed by atoms with Crippen LogP contribution in [0.3, 0.4) is 0 Å². The molecule has 1 aliphatic heterocycles. The molecule has 0 saturated heterocycles. The van der Waals surface area contributed by atoms with E-state index in [0.29, 0.717) is 22.1 Å². The largest absolute Gasteiger partial charge is 0.493 e. The Morgan fingerprint density at radius 3 is 2.64 bits per heavy atom. The normalized spacial score (nSPS) is 15.1. The third-order valence-electron chi connectivity index (χ3n) is 3.64. The van der Waals surface area contributed by atoms with Crippen molar-refractivity contribution in [3.05, 3.63) is 63.8 Å². The van der Waals surface area contributed by atoms with Crippen molar-refractivity contribution in [2.45, 2.75) is 6.92 Å². The standard InChI is InChI=1S/C19H16ClNO4/c1-11-5-4-6-13(7-11)18-21-15(19(22)25-18)9-12-8-14(20)17(24-3)16(10-12)23-2/h4-10H,1-3H3/b15-9+. The number of ether oxygens (including phenoxy) is 3. The molecule has 0 unspecified atom stereocenters. The molecule has 0 saturated carbocycles. The summed E-state index contributed by atoms with van der Waals surface area (Å²) < 4.78 is 15.7. The zero-order valence-corrected chi connectivity index (χ0v) is 14.8. The summed E-state index contributed by atoms with van der Waals surface area (Å²) in [6.45, 7) is 1.96. The molecule has 2 aromatic carbocycles. The van der Waals surface area contributed by atoms with Gasteiger partial charge in [0.1, 0.15) is 0 Å². The molecule has 1 heterocycles. The van der Waals surface area contributed by atoms with Crippen LogP contribution in [-0.4, -0.2) is 26.1 Å². The van der Waals surface area contributed by atoms with Gasteiger partial charge in [-0.1, -0.05) is 29.3 Å². The van der Waals surface area contributed by atoms with E-state index in [-0.39, 0.29) is 11.6 Å². The van der Waals surface area contributed by atoms with Crippen molar-refractivity contribution in [1.82, 2.24) is 0 Å². The molecular formula is C19H16ClNO4. The number of hydrogen-bond donors (Lipinski definition) is 0. The molecule has 0 aromatic heterocycles. The topological polar surface area (TPSA) is 57.1 Å². The molecule has 0 radical (unpaired) electrons. The molecule has 0 bridgehead atoms. The average Bonchev–Trinajstić information content (AvgIpc) is 2.95. The Morgan fingerprint density at radius 2 is 1.96 bits per heavy atom. The lowest BCUT2D eigenvalue weighted by molar-refractivity contribution is -0.129. The van der Waals surface area contributed by atoms with Crippen LogP contribution < -0.4 is 9.47 Å². The Hall–Kier alpha value is -2.79. The number of hydrogen-bond acceptors (Lipinski definition) is 5. The first-order valence-electron chi connectivity index (χ1n) is 7.53. The summed E-state index contributed by atoms with van der Waals surface area (Å²) in [5.74, 6) is 0.675. The molecule has 0 aliphatic carbocycles. The van der Waals surface area contributed by atoms with Crippen molar-refractivity contribution in [3.63, 3.8) is 0 Å². The Morgan fingerprint density at radius 1 is 1.16 bits per heavy atom. The van der Waals surface area contributed by atoms with Crippen LogP contribution in [0, 0.1) is 6.92 Å². The molecule has 3 rings (SSSR count). The maximum absolute atomic E-state index is 12.1. The quantitative estimate of drug-likeness (QED) is 0.612. The Bertz CT molecular complexity index is 902. The Kier molecular flexibility index (Phi) is 4.76. The van der Waals surface area contributed by atoms with Crippen LogP contribution in [0.1, 0.15) is 16.7 Å². The number of nitrogens with zero attached hydrogens (tertiary/aromatic N) is 1. The van der Waals surface area contributed by atoms with Gasteiger partial charge in [-0.05, 0) is 42.8 Å². The predicted octanol–water partition coefficient (Wildman–Crippen LogP) is 4.01. The number of rotatable bonds is 4. The van der Waals surface area contributed by atoms with Gasteiger partial charge >= 0.3 is 5.97 Å². The molecule has 0 fully saturated rings. The summed E-state index contributed by atoms with van der Waals surface area (Å²) in [6, 6.07) is 11.0. The van der Waals surface area contributed by atoms with Gasteiger partial charge in [-0.15, -0.1) is 0 Å². The van der Waals surface area contributed by atoms with Gasteiger partial charge in [0.2, 0.25) is 5.90 Å². The van der Waals surface area contributed by atoms with Crippen molar-refractivity contribution >= 4 is 29.5 Å². The van der Waals surface area contributed by atoms with Gasteiger partial charge in [0.05, 0.1) is 19.2 Å². The molecule has 2 aromatic rings. The fourth-order valence-corrected chi connectivity index (χ4v) is 2.79. The first kappa shape index (κ1) is 17.0. The predicted molar refractivity (Wildman–Crippen MR) is 96.3 cm³/mol. The Labute approximate surface area is 150 Å². The number of methoxy groups -OCH3 is 2. The van der Waals surface area contributed by atoms with E-state index < -0.39 is 5.97 Å². The average molecular weight is 358 g/mol. The van der Waals surface area contributed by atoms with E-state index in [1.165, 1.54) is 14.2 Å². The van der Waals surface area contributed by atoms with E-state index in [0.717, 1.165) is 11.1 Å². The summed E-state index contributed by atoms with van der Waals surface area (Å²) in [7, 11) is 3.03. The number of halogens is 1. The molecule has 5 nitrogen and oxygen atoms in total. The molecular weight excluding hydrogens is 342 g/mol. The van der Waals surface area contributed by atoms with E-state index >= 15 is 0 Å². The van der Waals surface area contributed by atoms with E-state index in [1.807, 2.05) is 31.2 Å². The molecule has 0 N–H and O–H groups in total. The number of benzene rings is 2. The van der Waals surface area contributed by atoms with Gasteiger partial charge in [0.15, 0.2) is 17.2 Å². The molecule has 0 spiro atoms. The minimum Gasteiger partial charge on any atom is -0.493 e. The first-order chi connectivity index (χ1) is 12.0. The molecule has 25 heavy (non-hydrogen) atoms. The van der Waals surface area contributed by atoms with E-state index in [1.54, 1.807) is 18.2 Å². The highest BCUT2D eigenvalue weighted by atomic mass is 35.5. The minimum atomic E-state index is -0.512. The van der Waals surface area contributed by atoms with Crippen LogP contribution >= 0.6 is 11.6 Å².